The summed E-state index contributed by atoms with van der Waals surface area (Å²) in [5.41, 5.74) is 0. The van der Waals surface area contributed by atoms with Gasteiger partial charge in [-0.15, -0.1) is 0 Å². The minimum atomic E-state index is -0.119. The minimum absolute atomic E-state index is 0.119. The average Bonchev–Trinajstić information content (AvgIpc) is 2.12. The van der Waals surface area contributed by atoms with Crippen LogP contribution in [0.1, 0.15) is 20.8 Å². The van der Waals surface area contributed by atoms with E-state index in [1.165, 1.54) is 0 Å². The molecule has 1 unspecified atom stereocenters. The van der Waals surface area contributed by atoms with Gasteiger partial charge in [-0.05, 0) is 19.9 Å². The highest BCUT2D eigenvalue weighted by Gasteiger charge is 2.16. The van der Waals surface area contributed by atoms with Crippen molar-refractivity contribution in [3.05, 3.63) is 0 Å². The van der Waals surface area contributed by atoms with E-state index in [0.29, 0.717) is 12.0 Å². The van der Waals surface area contributed by atoms with Crippen LogP contribution in [0.15, 0.2) is 0 Å². The topological polar surface area (TPSA) is 21.7 Å². The average molecular weight is 189 g/mol. The van der Waals surface area contributed by atoms with Crippen LogP contribution in [0.4, 0.5) is 0 Å². The van der Waals surface area contributed by atoms with Crippen molar-refractivity contribution in [2.75, 3.05) is 27.8 Å². The van der Waals surface area contributed by atoms with E-state index in [1.807, 2.05) is 0 Å². The zero-order chi connectivity index (χ0) is 10.4. The van der Waals surface area contributed by atoms with Crippen LogP contribution in [-0.2, 0) is 9.47 Å². The fourth-order valence-electron chi connectivity index (χ4n) is 1.16. The summed E-state index contributed by atoms with van der Waals surface area (Å²) in [4.78, 5) is 2.25. The molecule has 0 aromatic rings. The Labute approximate surface area is 82.0 Å². The van der Waals surface area contributed by atoms with Crippen molar-refractivity contribution in [1.82, 2.24) is 4.90 Å². The smallest absolute Gasteiger partial charge is 0.169 e. The number of hydrogen-bond donors (Lipinski definition) is 0. The lowest BCUT2D eigenvalue weighted by Crippen LogP contribution is -2.39. The zero-order valence-corrected chi connectivity index (χ0v) is 9.70. The van der Waals surface area contributed by atoms with Gasteiger partial charge < -0.3 is 9.47 Å². The predicted octanol–water partition coefficient (Wildman–Crippen LogP) is 1.58. The Bertz CT molecular complexity index is 124. The van der Waals surface area contributed by atoms with Gasteiger partial charge in [-0.3, -0.25) is 4.90 Å². The molecule has 0 saturated carbocycles. The number of nitrogens with zero attached hydrogens (tertiary/aromatic N) is 1. The normalized spacial score (nSPS) is 14.5. The van der Waals surface area contributed by atoms with Crippen molar-refractivity contribution >= 4 is 0 Å². The van der Waals surface area contributed by atoms with Crippen molar-refractivity contribution in [3.8, 4) is 0 Å². The molecule has 3 nitrogen and oxygen atoms in total. The molecule has 0 rings (SSSR count). The molecule has 0 amide bonds. The first-order valence-corrected chi connectivity index (χ1v) is 4.78. The van der Waals surface area contributed by atoms with Gasteiger partial charge in [0.2, 0.25) is 0 Å². The van der Waals surface area contributed by atoms with Gasteiger partial charge in [-0.25, -0.2) is 0 Å². The second kappa shape index (κ2) is 6.35. The van der Waals surface area contributed by atoms with Crippen molar-refractivity contribution in [1.29, 1.82) is 0 Å². The third kappa shape index (κ3) is 4.60. The fourth-order valence-corrected chi connectivity index (χ4v) is 1.16. The van der Waals surface area contributed by atoms with Crippen molar-refractivity contribution in [2.24, 2.45) is 5.92 Å². The monoisotopic (exact) mass is 189 g/mol. The fraction of sp³-hybridized carbons (Fsp3) is 1.00. The molecule has 0 aliphatic heterocycles. The van der Waals surface area contributed by atoms with E-state index >= 15 is 0 Å². The zero-order valence-electron chi connectivity index (χ0n) is 9.70. The molecule has 0 saturated heterocycles. The van der Waals surface area contributed by atoms with Crippen LogP contribution in [0, 0.1) is 5.92 Å². The van der Waals surface area contributed by atoms with E-state index in [1.54, 1.807) is 14.2 Å². The highest BCUT2D eigenvalue weighted by molar-refractivity contribution is 4.67. The standard InChI is InChI=1S/C10H23NO2/c1-8(2)9(3)11(4)7-10(12-5)13-6/h8-10H,7H2,1-6H3. The van der Waals surface area contributed by atoms with Gasteiger partial charge in [0, 0.05) is 26.8 Å². The Morgan fingerprint density at radius 3 is 1.85 bits per heavy atom. The molecule has 3 heteroatoms. The van der Waals surface area contributed by atoms with Gasteiger partial charge >= 0.3 is 0 Å². The van der Waals surface area contributed by atoms with Gasteiger partial charge in [0.25, 0.3) is 0 Å². The van der Waals surface area contributed by atoms with Gasteiger partial charge in [-0.2, -0.15) is 0 Å². The highest BCUT2D eigenvalue weighted by atomic mass is 16.7. The van der Waals surface area contributed by atoms with Gasteiger partial charge in [-0.1, -0.05) is 13.8 Å². The van der Waals surface area contributed by atoms with E-state index in [0.717, 1.165) is 6.54 Å². The largest absolute Gasteiger partial charge is 0.355 e. The lowest BCUT2D eigenvalue weighted by Gasteiger charge is -2.30. The van der Waals surface area contributed by atoms with Crippen LogP contribution in [-0.4, -0.2) is 45.0 Å². The summed E-state index contributed by atoms with van der Waals surface area (Å²) in [7, 11) is 5.43. The summed E-state index contributed by atoms with van der Waals surface area (Å²) in [5, 5.41) is 0. The molecule has 0 aromatic heterocycles. The first kappa shape index (κ1) is 12.9. The molecule has 0 aliphatic carbocycles. The summed E-state index contributed by atoms with van der Waals surface area (Å²) in [6.45, 7) is 7.46. The molecule has 0 spiro atoms. The molecular weight excluding hydrogens is 166 g/mol. The lowest BCUT2D eigenvalue weighted by atomic mass is 10.1. The van der Waals surface area contributed by atoms with Gasteiger partial charge in [0.05, 0.1) is 0 Å². The van der Waals surface area contributed by atoms with E-state index < -0.39 is 0 Å². The number of methoxy groups -OCH3 is 2. The van der Waals surface area contributed by atoms with Crippen molar-refractivity contribution in [2.45, 2.75) is 33.1 Å². The molecule has 1 atom stereocenters. The van der Waals surface area contributed by atoms with Crippen molar-refractivity contribution < 1.29 is 9.47 Å². The number of ether oxygens (including phenoxy) is 2. The van der Waals surface area contributed by atoms with Crippen LogP contribution < -0.4 is 0 Å². The lowest BCUT2D eigenvalue weighted by molar-refractivity contribution is -0.118. The maximum atomic E-state index is 5.14. The van der Waals surface area contributed by atoms with Gasteiger partial charge in [0.1, 0.15) is 0 Å². The first-order chi connectivity index (χ1) is 6.02. The molecule has 0 heterocycles. The van der Waals surface area contributed by atoms with Crippen LogP contribution in [0.3, 0.4) is 0 Å². The van der Waals surface area contributed by atoms with Gasteiger partial charge in [0.15, 0.2) is 6.29 Å². The number of rotatable bonds is 6. The second-order valence-electron chi connectivity index (χ2n) is 3.83. The van der Waals surface area contributed by atoms with E-state index in [2.05, 4.69) is 32.7 Å². The van der Waals surface area contributed by atoms with E-state index in [-0.39, 0.29) is 6.29 Å². The highest BCUT2D eigenvalue weighted by Crippen LogP contribution is 2.09. The Kier molecular flexibility index (Phi) is 6.29. The molecule has 13 heavy (non-hydrogen) atoms. The summed E-state index contributed by atoms with van der Waals surface area (Å²) < 4.78 is 10.3. The SMILES string of the molecule is COC(CN(C)C(C)C(C)C)OC. The number of likely N-dealkylation sites (N-methyl/N-ethyl adjacent to an activating group) is 1. The predicted molar refractivity (Wildman–Crippen MR) is 54.7 cm³/mol. The molecule has 80 valence electrons. The third-order valence-corrected chi connectivity index (χ3v) is 2.62. The summed E-state index contributed by atoms with van der Waals surface area (Å²) in [5.74, 6) is 0.652. The molecule has 0 aromatic carbocycles. The Hall–Kier alpha value is -0.120. The third-order valence-electron chi connectivity index (χ3n) is 2.62. The molecule has 0 fully saturated rings. The number of hydrogen-bond acceptors (Lipinski definition) is 3. The maximum absolute atomic E-state index is 5.14. The summed E-state index contributed by atoms with van der Waals surface area (Å²) in [6, 6.07) is 0.549. The van der Waals surface area contributed by atoms with Crippen LogP contribution in [0.2, 0.25) is 0 Å². The van der Waals surface area contributed by atoms with Crippen molar-refractivity contribution in [3.63, 3.8) is 0 Å². The summed E-state index contributed by atoms with van der Waals surface area (Å²) in [6.07, 6.45) is -0.119. The Morgan fingerprint density at radius 1 is 1.08 bits per heavy atom. The van der Waals surface area contributed by atoms with E-state index in [9.17, 15) is 0 Å². The maximum Gasteiger partial charge on any atom is 0.169 e. The second-order valence-corrected chi connectivity index (χ2v) is 3.83. The summed E-state index contributed by atoms with van der Waals surface area (Å²) >= 11 is 0. The molecule has 0 radical (unpaired) electrons. The Morgan fingerprint density at radius 2 is 1.54 bits per heavy atom. The first-order valence-electron chi connectivity index (χ1n) is 4.78. The van der Waals surface area contributed by atoms with Crippen LogP contribution in [0.5, 0.6) is 0 Å². The molecule has 0 bridgehead atoms. The quantitative estimate of drug-likeness (QED) is 0.592. The minimum Gasteiger partial charge on any atom is -0.355 e. The molecular formula is C10H23NO2. The molecule has 0 N–H and O–H groups in total. The van der Waals surface area contributed by atoms with E-state index in [4.69, 9.17) is 9.47 Å². The van der Waals surface area contributed by atoms with Crippen LogP contribution in [0.25, 0.3) is 0 Å². The van der Waals surface area contributed by atoms with Crippen LogP contribution >= 0.6 is 0 Å². The Balaban J connectivity index is 3.89. The molecule has 0 aliphatic rings.